The molecule has 0 aliphatic carbocycles. The summed E-state index contributed by atoms with van der Waals surface area (Å²) in [5, 5.41) is 1.03. The third-order valence-electron chi connectivity index (χ3n) is 1.79. The van der Waals surface area contributed by atoms with E-state index in [9.17, 15) is 13.2 Å². The maximum atomic E-state index is 12.3. The van der Waals surface area contributed by atoms with Gasteiger partial charge in [0.2, 0.25) is 0 Å². The summed E-state index contributed by atoms with van der Waals surface area (Å²) >= 11 is 10.5. The smallest absolute Gasteiger partial charge is 0.166 e. The molecule has 1 aromatic rings. The van der Waals surface area contributed by atoms with Crippen molar-refractivity contribution in [1.29, 1.82) is 0 Å². The summed E-state index contributed by atoms with van der Waals surface area (Å²) < 4.78 is 37.0. The van der Waals surface area contributed by atoms with E-state index >= 15 is 0 Å². The van der Waals surface area contributed by atoms with Crippen LogP contribution >= 0.6 is 39.3 Å². The Bertz CT molecular complexity index is 354. The minimum Gasteiger partial charge on any atom is -0.166 e. The van der Waals surface area contributed by atoms with Crippen molar-refractivity contribution < 1.29 is 13.2 Å². The summed E-state index contributed by atoms with van der Waals surface area (Å²) in [5.41, 5.74) is -0.706. The maximum Gasteiger partial charge on any atom is 0.416 e. The van der Waals surface area contributed by atoms with Crippen molar-refractivity contribution in [3.05, 3.63) is 28.8 Å². The number of alkyl halides is 4. The van der Waals surface area contributed by atoms with Crippen molar-refractivity contribution in [2.45, 2.75) is 17.5 Å². The SMILES string of the molecule is FC(F)(F)c1ccc(SCCCBr)c(Cl)c1. The number of benzene rings is 1. The standard InChI is InChI=1S/C10H9BrClF3S/c11-4-1-5-16-9-3-2-7(6-8(9)12)10(13,14)15/h2-3,6H,1,4-5H2. The van der Waals surface area contributed by atoms with Crippen LogP contribution in [0.4, 0.5) is 13.2 Å². The topological polar surface area (TPSA) is 0 Å². The molecule has 0 heterocycles. The molecular weight excluding hydrogens is 325 g/mol. The molecule has 16 heavy (non-hydrogen) atoms. The molecule has 0 fully saturated rings. The fourth-order valence-electron chi connectivity index (χ4n) is 1.03. The average Bonchev–Trinajstić information content (AvgIpc) is 2.19. The van der Waals surface area contributed by atoms with Crippen LogP contribution in [0.25, 0.3) is 0 Å². The molecule has 0 aliphatic heterocycles. The summed E-state index contributed by atoms with van der Waals surface area (Å²) in [7, 11) is 0. The first-order valence-corrected chi connectivity index (χ1v) is 6.99. The molecule has 0 unspecified atom stereocenters. The van der Waals surface area contributed by atoms with E-state index in [0.29, 0.717) is 4.90 Å². The molecule has 0 N–H and O–H groups in total. The molecule has 0 atom stereocenters. The highest BCUT2D eigenvalue weighted by Crippen LogP contribution is 2.35. The number of thioether (sulfide) groups is 1. The molecule has 90 valence electrons. The largest absolute Gasteiger partial charge is 0.416 e. The van der Waals surface area contributed by atoms with Gasteiger partial charge in [-0.25, -0.2) is 0 Å². The van der Waals surface area contributed by atoms with Crippen molar-refractivity contribution in [3.63, 3.8) is 0 Å². The Morgan fingerprint density at radius 2 is 2.00 bits per heavy atom. The van der Waals surface area contributed by atoms with Crippen LogP contribution in [0.15, 0.2) is 23.1 Å². The molecule has 1 aromatic carbocycles. The fourth-order valence-corrected chi connectivity index (χ4v) is 2.90. The van der Waals surface area contributed by atoms with E-state index in [-0.39, 0.29) is 5.02 Å². The maximum absolute atomic E-state index is 12.3. The molecule has 0 amide bonds. The Labute approximate surface area is 110 Å². The van der Waals surface area contributed by atoms with Gasteiger partial charge >= 0.3 is 6.18 Å². The van der Waals surface area contributed by atoms with Gasteiger partial charge < -0.3 is 0 Å². The van der Waals surface area contributed by atoms with Crippen molar-refractivity contribution in [2.75, 3.05) is 11.1 Å². The second-order valence-corrected chi connectivity index (χ2v) is 5.37. The molecular formula is C10H9BrClF3S. The van der Waals surface area contributed by atoms with Crippen LogP contribution in [-0.2, 0) is 6.18 Å². The lowest BCUT2D eigenvalue weighted by Gasteiger charge is -2.09. The van der Waals surface area contributed by atoms with Crippen molar-refractivity contribution in [1.82, 2.24) is 0 Å². The van der Waals surface area contributed by atoms with E-state index in [0.717, 1.165) is 29.6 Å². The van der Waals surface area contributed by atoms with E-state index in [4.69, 9.17) is 11.6 Å². The molecule has 0 aliphatic rings. The Morgan fingerprint density at radius 1 is 1.31 bits per heavy atom. The highest BCUT2D eigenvalue weighted by Gasteiger charge is 2.30. The first-order chi connectivity index (χ1) is 7.45. The minimum absolute atomic E-state index is 0.161. The summed E-state index contributed by atoms with van der Waals surface area (Å²) in [5.74, 6) is 0.830. The highest BCUT2D eigenvalue weighted by atomic mass is 79.9. The van der Waals surface area contributed by atoms with E-state index in [2.05, 4.69) is 15.9 Å². The van der Waals surface area contributed by atoms with Crippen molar-refractivity contribution >= 4 is 39.3 Å². The number of hydrogen-bond acceptors (Lipinski definition) is 1. The molecule has 0 saturated heterocycles. The first kappa shape index (κ1) is 14.2. The van der Waals surface area contributed by atoms with E-state index in [1.165, 1.54) is 17.8 Å². The lowest BCUT2D eigenvalue weighted by molar-refractivity contribution is -0.137. The van der Waals surface area contributed by atoms with E-state index in [1.54, 1.807) is 0 Å². The Hall–Kier alpha value is 0.130. The number of hydrogen-bond donors (Lipinski definition) is 0. The third kappa shape index (κ3) is 4.18. The van der Waals surface area contributed by atoms with Crippen molar-refractivity contribution in [3.8, 4) is 0 Å². The van der Waals surface area contributed by atoms with Crippen LogP contribution in [0, 0.1) is 0 Å². The van der Waals surface area contributed by atoms with Gasteiger partial charge in [-0.1, -0.05) is 27.5 Å². The number of halogens is 5. The highest BCUT2D eigenvalue weighted by molar-refractivity contribution is 9.09. The van der Waals surface area contributed by atoms with Gasteiger partial charge in [-0.15, -0.1) is 11.8 Å². The Kier molecular flexibility index (Phi) is 5.47. The monoisotopic (exact) mass is 332 g/mol. The van der Waals surface area contributed by atoms with Crippen LogP contribution in [0.1, 0.15) is 12.0 Å². The summed E-state index contributed by atoms with van der Waals surface area (Å²) in [6, 6.07) is 3.45. The second kappa shape index (κ2) is 6.17. The zero-order chi connectivity index (χ0) is 12.2. The predicted octanol–water partition coefficient (Wildman–Crippen LogP) is 5.24. The summed E-state index contributed by atoms with van der Waals surface area (Å²) in [6.45, 7) is 0. The van der Waals surface area contributed by atoms with E-state index < -0.39 is 11.7 Å². The molecule has 0 bridgehead atoms. The van der Waals surface area contributed by atoms with Gasteiger partial charge in [0, 0.05) is 10.2 Å². The van der Waals surface area contributed by atoms with E-state index in [1.807, 2.05) is 0 Å². The second-order valence-electron chi connectivity index (χ2n) is 3.03. The zero-order valence-corrected chi connectivity index (χ0v) is 11.3. The van der Waals surface area contributed by atoms with Crippen LogP contribution < -0.4 is 0 Å². The lowest BCUT2D eigenvalue weighted by atomic mass is 10.2. The Morgan fingerprint density at radius 3 is 2.50 bits per heavy atom. The summed E-state index contributed by atoms with van der Waals surface area (Å²) in [6.07, 6.45) is -3.38. The van der Waals surface area contributed by atoms with Crippen LogP contribution in [0.5, 0.6) is 0 Å². The third-order valence-corrected chi connectivity index (χ3v) is 3.94. The lowest BCUT2D eigenvalue weighted by Crippen LogP contribution is -2.04. The van der Waals surface area contributed by atoms with Gasteiger partial charge in [0.05, 0.1) is 10.6 Å². The first-order valence-electron chi connectivity index (χ1n) is 4.50. The zero-order valence-electron chi connectivity index (χ0n) is 8.15. The molecule has 6 heteroatoms. The molecule has 1 rings (SSSR count). The van der Waals surface area contributed by atoms with Crippen LogP contribution in [0.3, 0.4) is 0 Å². The van der Waals surface area contributed by atoms with Crippen LogP contribution in [0.2, 0.25) is 5.02 Å². The van der Waals surface area contributed by atoms with Gasteiger partial charge in [0.15, 0.2) is 0 Å². The van der Waals surface area contributed by atoms with Gasteiger partial charge in [-0.3, -0.25) is 0 Å². The normalized spacial score (nSPS) is 11.8. The van der Waals surface area contributed by atoms with Crippen molar-refractivity contribution in [2.24, 2.45) is 0 Å². The fraction of sp³-hybridized carbons (Fsp3) is 0.400. The quantitative estimate of drug-likeness (QED) is 0.413. The Balaban J connectivity index is 2.76. The predicted molar refractivity (Wildman–Crippen MR) is 65.6 cm³/mol. The number of rotatable bonds is 4. The summed E-state index contributed by atoms with van der Waals surface area (Å²) in [4.78, 5) is 0.690. The molecule has 0 spiro atoms. The van der Waals surface area contributed by atoms with Gasteiger partial charge in [0.25, 0.3) is 0 Å². The molecule has 0 saturated carbocycles. The molecule has 0 aromatic heterocycles. The van der Waals surface area contributed by atoms with Crippen LogP contribution in [-0.4, -0.2) is 11.1 Å². The molecule has 0 radical (unpaired) electrons. The molecule has 0 nitrogen and oxygen atoms in total. The van der Waals surface area contributed by atoms with Gasteiger partial charge in [-0.2, -0.15) is 13.2 Å². The average molecular weight is 334 g/mol. The van der Waals surface area contributed by atoms with Gasteiger partial charge in [0.1, 0.15) is 0 Å². The van der Waals surface area contributed by atoms with Gasteiger partial charge in [-0.05, 0) is 30.4 Å². The minimum atomic E-state index is -4.33.